The van der Waals surface area contributed by atoms with Crippen LogP contribution < -0.4 is 4.74 Å². The first-order chi connectivity index (χ1) is 11.6. The van der Waals surface area contributed by atoms with Gasteiger partial charge in [-0.1, -0.05) is 4.48 Å². The molecule has 5 nitrogen and oxygen atoms in total. The Kier molecular flexibility index (Phi) is 7.77. The third-order valence-electron chi connectivity index (χ3n) is 3.56. The zero-order valence-electron chi connectivity index (χ0n) is 13.9. The highest BCUT2D eigenvalue weighted by molar-refractivity contribution is 6.65. The third-order valence-corrected chi connectivity index (χ3v) is 6.55. The molecule has 0 N–H and O–H groups in total. The summed E-state index contributed by atoms with van der Waals surface area (Å²) in [5, 5.41) is -0.378. The highest BCUT2D eigenvalue weighted by atomic mass is 28.4. The summed E-state index contributed by atoms with van der Waals surface area (Å²) >= 11 is 0. The molecule has 25 heavy (non-hydrogen) atoms. The Labute approximate surface area is 142 Å². The van der Waals surface area contributed by atoms with Gasteiger partial charge in [-0.3, -0.25) is 0 Å². The fourth-order valence-corrected chi connectivity index (χ4v) is 3.31. The van der Waals surface area contributed by atoms with Gasteiger partial charge in [0.2, 0.25) is 11.6 Å². The van der Waals surface area contributed by atoms with Gasteiger partial charge < -0.3 is 13.6 Å². The minimum absolute atomic E-state index is 0.119. The molecule has 0 aliphatic carbocycles. The summed E-state index contributed by atoms with van der Waals surface area (Å²) in [4.78, 5) is 11.5. The van der Waals surface area contributed by atoms with Crippen LogP contribution in [0.3, 0.4) is 0 Å². The van der Waals surface area contributed by atoms with Gasteiger partial charge >= 0.3 is 14.7 Å². The second kappa shape index (κ2) is 9.11. The van der Waals surface area contributed by atoms with E-state index in [9.17, 15) is 26.8 Å². The standard InChI is InChI=1S/C14H18F5NO4Si/c1-22-25(3,23-2)7-5-4-6-20(19)14(21)24-10-8-9(15)11(16)13(18)12(10)17/h8H,4-7H2,1-3H3. The highest BCUT2D eigenvalue weighted by Gasteiger charge is 2.28. The molecule has 11 heteroatoms. The van der Waals surface area contributed by atoms with Crippen LogP contribution in [0.15, 0.2) is 6.07 Å². The summed E-state index contributed by atoms with van der Waals surface area (Å²) in [5.41, 5.74) is 0. The smallest absolute Gasteiger partial charge is 0.405 e. The maximum absolute atomic E-state index is 13.6. The largest absolute Gasteiger partial charge is 0.443 e. The zero-order chi connectivity index (χ0) is 19.2. The van der Waals surface area contributed by atoms with Gasteiger partial charge in [0.05, 0.1) is 6.54 Å². The molecule has 1 aromatic carbocycles. The zero-order valence-corrected chi connectivity index (χ0v) is 14.9. The number of unbranched alkanes of at least 4 members (excludes halogenated alkanes) is 1. The van der Waals surface area contributed by atoms with Gasteiger partial charge in [0.15, 0.2) is 17.4 Å². The van der Waals surface area contributed by atoms with Crippen molar-refractivity contribution in [3.63, 3.8) is 0 Å². The Balaban J connectivity index is 2.56. The number of hydrogen-bond acceptors (Lipinski definition) is 4. The molecule has 0 aliphatic heterocycles. The van der Waals surface area contributed by atoms with E-state index in [1.54, 1.807) is 0 Å². The molecule has 0 atom stereocenters. The highest BCUT2D eigenvalue weighted by Crippen LogP contribution is 2.25. The van der Waals surface area contributed by atoms with Crippen molar-refractivity contribution in [1.82, 2.24) is 5.12 Å². The molecular formula is C14H18F5NO4Si. The van der Waals surface area contributed by atoms with E-state index in [4.69, 9.17) is 8.85 Å². The Morgan fingerprint density at radius 3 is 2.24 bits per heavy atom. The number of amides is 1. The average molecular weight is 387 g/mol. The third kappa shape index (κ3) is 5.65. The van der Waals surface area contributed by atoms with Crippen molar-refractivity contribution < 1.29 is 40.4 Å². The van der Waals surface area contributed by atoms with E-state index >= 15 is 0 Å². The summed E-state index contributed by atoms with van der Waals surface area (Å²) < 4.78 is 80.5. The number of nitrogens with zero attached hydrogens (tertiary/aromatic N) is 1. The molecule has 1 aromatic rings. The lowest BCUT2D eigenvalue weighted by Gasteiger charge is -2.22. The number of halogens is 5. The van der Waals surface area contributed by atoms with Crippen LogP contribution in [0.4, 0.5) is 26.8 Å². The van der Waals surface area contributed by atoms with Crippen molar-refractivity contribution in [3.05, 3.63) is 29.3 Å². The molecule has 0 aromatic heterocycles. The molecule has 1 rings (SSSR count). The molecular weight excluding hydrogens is 369 g/mol. The Bertz CT molecular complexity index is 615. The van der Waals surface area contributed by atoms with Crippen molar-refractivity contribution in [1.29, 1.82) is 0 Å². The van der Waals surface area contributed by atoms with E-state index in [2.05, 4.69) is 4.74 Å². The van der Waals surface area contributed by atoms with Crippen molar-refractivity contribution in [2.45, 2.75) is 25.4 Å². The van der Waals surface area contributed by atoms with E-state index in [0.717, 1.165) is 0 Å². The number of rotatable bonds is 8. The normalized spacial score (nSPS) is 11.5. The topological polar surface area (TPSA) is 48.0 Å². The van der Waals surface area contributed by atoms with Gasteiger partial charge in [-0.05, 0) is 25.4 Å². The van der Waals surface area contributed by atoms with Crippen molar-refractivity contribution in [2.24, 2.45) is 0 Å². The van der Waals surface area contributed by atoms with Crippen LogP contribution >= 0.6 is 0 Å². The second-order valence-electron chi connectivity index (χ2n) is 5.25. The first kappa shape index (κ1) is 21.3. The van der Waals surface area contributed by atoms with Crippen LogP contribution in [0.1, 0.15) is 12.8 Å². The number of carbonyl (C=O) groups excluding carboxylic acids is 1. The second-order valence-corrected chi connectivity index (χ2v) is 8.84. The SMILES string of the molecule is CO[Si](C)(CCCCN(F)C(=O)Oc1cc(F)c(F)c(F)c1F)OC. The van der Waals surface area contributed by atoms with Gasteiger partial charge in [0, 0.05) is 20.3 Å². The van der Waals surface area contributed by atoms with Gasteiger partial charge in [-0.2, -0.15) is 4.39 Å². The van der Waals surface area contributed by atoms with E-state index < -0.39 is 50.2 Å². The van der Waals surface area contributed by atoms with E-state index in [1.807, 2.05) is 6.55 Å². The first-order valence-electron chi connectivity index (χ1n) is 7.23. The van der Waals surface area contributed by atoms with Crippen molar-refractivity contribution in [2.75, 3.05) is 20.8 Å². The molecule has 0 unspecified atom stereocenters. The molecule has 0 saturated carbocycles. The van der Waals surface area contributed by atoms with E-state index in [0.29, 0.717) is 12.5 Å². The number of benzene rings is 1. The Morgan fingerprint density at radius 1 is 1.08 bits per heavy atom. The lowest BCUT2D eigenvalue weighted by molar-refractivity contribution is 0.0349. The van der Waals surface area contributed by atoms with Crippen LogP contribution in [0, 0.1) is 23.3 Å². The predicted molar refractivity (Wildman–Crippen MR) is 79.8 cm³/mol. The maximum atomic E-state index is 13.6. The van der Waals surface area contributed by atoms with E-state index in [1.165, 1.54) is 14.2 Å². The molecule has 0 fully saturated rings. The monoisotopic (exact) mass is 387 g/mol. The van der Waals surface area contributed by atoms with Gasteiger partial charge in [-0.15, -0.1) is 5.12 Å². The van der Waals surface area contributed by atoms with Crippen LogP contribution in [0.5, 0.6) is 5.75 Å². The van der Waals surface area contributed by atoms with Gasteiger partial charge in [0.25, 0.3) is 0 Å². The van der Waals surface area contributed by atoms with Gasteiger partial charge in [0.1, 0.15) is 0 Å². The fourth-order valence-electron chi connectivity index (χ4n) is 1.84. The van der Waals surface area contributed by atoms with Crippen LogP contribution in [-0.2, 0) is 8.85 Å². The summed E-state index contributed by atoms with van der Waals surface area (Å²) in [6, 6.07) is 0.666. The minimum atomic E-state index is -2.31. The maximum Gasteiger partial charge on any atom is 0.443 e. The number of ether oxygens (including phenoxy) is 1. The molecule has 1 amide bonds. The number of hydrogen-bond donors (Lipinski definition) is 0. The molecule has 0 aliphatic rings. The predicted octanol–water partition coefficient (Wildman–Crippen LogP) is 4.07. The molecule has 142 valence electrons. The van der Waals surface area contributed by atoms with Crippen molar-refractivity contribution in [3.8, 4) is 5.75 Å². The lowest BCUT2D eigenvalue weighted by Crippen LogP contribution is -2.36. The fraction of sp³-hybridized carbons (Fsp3) is 0.500. The average Bonchev–Trinajstić information content (AvgIpc) is 2.60. The molecule has 0 radical (unpaired) electrons. The van der Waals surface area contributed by atoms with Gasteiger partial charge in [-0.25, -0.2) is 18.0 Å². The first-order valence-corrected chi connectivity index (χ1v) is 9.76. The number of carbonyl (C=O) groups is 1. The van der Waals surface area contributed by atoms with E-state index in [-0.39, 0.29) is 17.6 Å². The molecule has 0 saturated heterocycles. The molecule has 0 spiro atoms. The summed E-state index contributed by atoms with van der Waals surface area (Å²) in [7, 11) is 0.699. The quantitative estimate of drug-likeness (QED) is 0.168. The Hall–Kier alpha value is -1.72. The molecule has 0 heterocycles. The summed E-state index contributed by atoms with van der Waals surface area (Å²) in [6.07, 6.45) is -0.982. The van der Waals surface area contributed by atoms with Crippen LogP contribution in [0.2, 0.25) is 12.6 Å². The summed E-state index contributed by atoms with van der Waals surface area (Å²) in [6.45, 7) is 1.42. The molecule has 0 bridgehead atoms. The lowest BCUT2D eigenvalue weighted by atomic mass is 10.3. The van der Waals surface area contributed by atoms with Crippen LogP contribution in [0.25, 0.3) is 0 Å². The Morgan fingerprint density at radius 2 is 1.68 bits per heavy atom. The van der Waals surface area contributed by atoms with Crippen LogP contribution in [-0.4, -0.2) is 40.5 Å². The minimum Gasteiger partial charge on any atom is -0.405 e. The van der Waals surface area contributed by atoms with Crippen molar-refractivity contribution >= 4 is 14.7 Å². The summed E-state index contributed by atoms with van der Waals surface area (Å²) in [5.74, 6) is -9.16.